The summed E-state index contributed by atoms with van der Waals surface area (Å²) in [6.07, 6.45) is 2.91. The maximum Gasteiger partial charge on any atom is 0.149 e. The van der Waals surface area contributed by atoms with Gasteiger partial charge in [-0.1, -0.05) is 13.8 Å². The first-order valence-corrected chi connectivity index (χ1v) is 7.10. The Labute approximate surface area is 127 Å². The summed E-state index contributed by atoms with van der Waals surface area (Å²) in [5.74, 6) is 0.0955. The highest BCUT2D eigenvalue weighted by molar-refractivity contribution is 5.91. The second-order valence-electron chi connectivity index (χ2n) is 5.84. The van der Waals surface area contributed by atoms with Crippen LogP contribution in [0.2, 0.25) is 0 Å². The molecule has 22 heavy (non-hydrogen) atoms. The molecule has 0 fully saturated rings. The van der Waals surface area contributed by atoms with Gasteiger partial charge in [0.1, 0.15) is 29.4 Å². The van der Waals surface area contributed by atoms with E-state index in [-0.39, 0.29) is 17.9 Å². The smallest absolute Gasteiger partial charge is 0.149 e. The van der Waals surface area contributed by atoms with E-state index >= 15 is 0 Å². The van der Waals surface area contributed by atoms with E-state index in [0.29, 0.717) is 16.9 Å². The number of alkyl halides is 1. The highest BCUT2D eigenvalue weighted by Gasteiger charge is 2.26. The first kappa shape index (κ1) is 16.4. The fourth-order valence-corrected chi connectivity index (χ4v) is 2.31. The summed E-state index contributed by atoms with van der Waals surface area (Å²) in [6.45, 7) is 4.51. The summed E-state index contributed by atoms with van der Waals surface area (Å²) in [6, 6.07) is 2.71. The van der Waals surface area contributed by atoms with Crippen LogP contribution in [-0.2, 0) is 0 Å². The van der Waals surface area contributed by atoms with Crippen molar-refractivity contribution in [2.45, 2.75) is 32.8 Å². The third-order valence-electron chi connectivity index (χ3n) is 3.24. The molecule has 1 aromatic carbocycles. The molecule has 6 heteroatoms. The number of hydrogen-bond donors (Lipinski definition) is 1. The average molecular weight is 307 g/mol. The van der Waals surface area contributed by atoms with Gasteiger partial charge >= 0.3 is 0 Å². The number of nitrogens with zero attached hydrogens (tertiary/aromatic N) is 3. The van der Waals surface area contributed by atoms with Gasteiger partial charge in [0.05, 0.1) is 5.69 Å². The zero-order chi connectivity index (χ0) is 16.3. The molecule has 0 aliphatic carbocycles. The van der Waals surface area contributed by atoms with Gasteiger partial charge in [-0.3, -0.25) is 4.99 Å². The van der Waals surface area contributed by atoms with Gasteiger partial charge in [-0.05, 0) is 31.4 Å². The van der Waals surface area contributed by atoms with Crippen molar-refractivity contribution in [3.8, 4) is 0 Å². The van der Waals surface area contributed by atoms with Crippen LogP contribution in [0.1, 0.15) is 26.1 Å². The molecule has 1 aromatic heterocycles. The Morgan fingerprint density at radius 1 is 1.41 bits per heavy atom. The maximum absolute atomic E-state index is 13.8. The van der Waals surface area contributed by atoms with Crippen LogP contribution in [0.25, 0.3) is 10.9 Å². The molecule has 1 N–H and O–H groups in total. The molecule has 0 saturated heterocycles. The summed E-state index contributed by atoms with van der Waals surface area (Å²) in [5.41, 5.74) is -1.07. The predicted molar refractivity (Wildman–Crippen MR) is 82.8 cm³/mol. The molecule has 0 radical (unpaired) electrons. The number of hydrogen-bond acceptors (Lipinski definition) is 4. The van der Waals surface area contributed by atoms with E-state index in [4.69, 9.17) is 0 Å². The average Bonchev–Trinajstić information content (AvgIpc) is 2.46. The van der Waals surface area contributed by atoms with Crippen LogP contribution in [-0.4, -0.2) is 33.6 Å². The van der Waals surface area contributed by atoms with E-state index in [1.807, 2.05) is 13.8 Å². The second kappa shape index (κ2) is 6.44. The van der Waals surface area contributed by atoms with Crippen LogP contribution in [0.15, 0.2) is 23.3 Å². The molecule has 2 aromatic rings. The number of aliphatic hydroxyl groups is 1. The summed E-state index contributed by atoms with van der Waals surface area (Å²) in [5, 5.41) is 10.6. The van der Waals surface area contributed by atoms with Crippen LogP contribution >= 0.6 is 0 Å². The molecular formula is C16H19F2N3O. The van der Waals surface area contributed by atoms with Gasteiger partial charge in [0, 0.05) is 17.8 Å². The molecule has 0 aliphatic heterocycles. The fourth-order valence-electron chi connectivity index (χ4n) is 2.31. The van der Waals surface area contributed by atoms with E-state index in [9.17, 15) is 13.9 Å². The van der Waals surface area contributed by atoms with Crippen molar-refractivity contribution in [2.24, 2.45) is 10.9 Å². The molecule has 0 aliphatic rings. The summed E-state index contributed by atoms with van der Waals surface area (Å²) >= 11 is 0. The van der Waals surface area contributed by atoms with Gasteiger partial charge in [0.15, 0.2) is 0 Å². The Morgan fingerprint density at radius 3 is 2.77 bits per heavy atom. The molecule has 1 heterocycles. The molecule has 4 nitrogen and oxygen atoms in total. The highest BCUT2D eigenvalue weighted by atomic mass is 19.1. The lowest BCUT2D eigenvalue weighted by molar-refractivity contribution is 0.0657. The molecule has 0 saturated carbocycles. The molecule has 2 rings (SSSR count). The third kappa shape index (κ3) is 3.62. The molecule has 118 valence electrons. The predicted octanol–water partition coefficient (Wildman–Crippen LogP) is 3.53. The van der Waals surface area contributed by atoms with E-state index in [0.717, 1.165) is 0 Å². The van der Waals surface area contributed by atoms with E-state index in [2.05, 4.69) is 15.0 Å². The van der Waals surface area contributed by atoms with Gasteiger partial charge in [0.25, 0.3) is 0 Å². The zero-order valence-corrected chi connectivity index (χ0v) is 12.8. The number of rotatable bonds is 5. The monoisotopic (exact) mass is 307 g/mol. The van der Waals surface area contributed by atoms with Gasteiger partial charge in [-0.15, -0.1) is 0 Å². The minimum atomic E-state index is -1.62. The Kier molecular flexibility index (Phi) is 4.81. The summed E-state index contributed by atoms with van der Waals surface area (Å²) in [4.78, 5) is 12.2. The Bertz CT molecular complexity index is 703. The van der Waals surface area contributed by atoms with Crippen molar-refractivity contribution in [3.63, 3.8) is 0 Å². The lowest BCUT2D eigenvalue weighted by atomic mass is 9.95. The SMILES string of the molecule is Cc1ncc2c(N=CC(O)(CF)CC(C)C)ccc(F)c2n1. The van der Waals surface area contributed by atoms with Crippen LogP contribution < -0.4 is 0 Å². The number of aromatic nitrogens is 2. The Hall–Kier alpha value is -1.95. The van der Waals surface area contributed by atoms with Crippen molar-refractivity contribution in [3.05, 3.63) is 30.0 Å². The summed E-state index contributed by atoms with van der Waals surface area (Å²) < 4.78 is 26.9. The number of halogens is 2. The third-order valence-corrected chi connectivity index (χ3v) is 3.24. The van der Waals surface area contributed by atoms with Crippen molar-refractivity contribution >= 4 is 22.8 Å². The van der Waals surface area contributed by atoms with Crippen molar-refractivity contribution < 1.29 is 13.9 Å². The van der Waals surface area contributed by atoms with Crippen LogP contribution in [0.4, 0.5) is 14.5 Å². The highest BCUT2D eigenvalue weighted by Crippen LogP contribution is 2.27. The molecule has 1 unspecified atom stereocenters. The van der Waals surface area contributed by atoms with E-state index in [1.54, 1.807) is 6.92 Å². The van der Waals surface area contributed by atoms with Crippen molar-refractivity contribution in [2.75, 3.05) is 6.67 Å². The maximum atomic E-state index is 13.8. The Balaban J connectivity index is 2.43. The second-order valence-corrected chi connectivity index (χ2v) is 5.84. The lowest BCUT2D eigenvalue weighted by Crippen LogP contribution is -2.34. The lowest BCUT2D eigenvalue weighted by Gasteiger charge is -2.22. The largest absolute Gasteiger partial charge is 0.381 e. The van der Waals surface area contributed by atoms with Crippen LogP contribution in [0, 0.1) is 18.7 Å². The van der Waals surface area contributed by atoms with Crippen LogP contribution in [0.3, 0.4) is 0 Å². The molecule has 0 spiro atoms. The number of fused-ring (bicyclic) bond motifs is 1. The molecule has 0 amide bonds. The quantitative estimate of drug-likeness (QED) is 0.860. The molecule has 0 bridgehead atoms. The van der Waals surface area contributed by atoms with Gasteiger partial charge in [0.2, 0.25) is 0 Å². The minimum absolute atomic E-state index is 0.114. The zero-order valence-electron chi connectivity index (χ0n) is 12.8. The minimum Gasteiger partial charge on any atom is -0.381 e. The number of benzene rings is 1. The first-order valence-electron chi connectivity index (χ1n) is 7.10. The van der Waals surface area contributed by atoms with Gasteiger partial charge in [-0.2, -0.15) is 0 Å². The normalized spacial score (nSPS) is 14.9. The van der Waals surface area contributed by atoms with Gasteiger partial charge in [-0.25, -0.2) is 18.7 Å². The topological polar surface area (TPSA) is 58.4 Å². The van der Waals surface area contributed by atoms with E-state index in [1.165, 1.54) is 24.5 Å². The van der Waals surface area contributed by atoms with Crippen molar-refractivity contribution in [1.29, 1.82) is 0 Å². The van der Waals surface area contributed by atoms with E-state index < -0.39 is 18.1 Å². The molecule has 1 atom stereocenters. The fraction of sp³-hybridized carbons (Fsp3) is 0.438. The van der Waals surface area contributed by atoms with Crippen LogP contribution in [0.5, 0.6) is 0 Å². The van der Waals surface area contributed by atoms with Gasteiger partial charge < -0.3 is 5.11 Å². The standard InChI is InChI=1S/C16H19F2N3O/c1-10(2)6-16(22,8-17)9-20-14-5-4-13(18)15-12(14)7-19-11(3)21-15/h4-5,7,9-10,22H,6,8H2,1-3H3. The Morgan fingerprint density at radius 2 is 2.14 bits per heavy atom. The van der Waals surface area contributed by atoms with Crippen molar-refractivity contribution in [1.82, 2.24) is 9.97 Å². The number of aryl methyl sites for hydroxylation is 1. The number of aliphatic imine (C=N–C) groups is 1. The first-order chi connectivity index (χ1) is 10.3. The molecular weight excluding hydrogens is 288 g/mol. The summed E-state index contributed by atoms with van der Waals surface area (Å²) in [7, 11) is 0.